The minimum atomic E-state index is -0.607. The first-order valence-corrected chi connectivity index (χ1v) is 4.99. The highest BCUT2D eigenvalue weighted by atomic mass is 16.5. The molecule has 0 bridgehead atoms. The van der Waals surface area contributed by atoms with E-state index in [0.717, 1.165) is 25.7 Å². The number of carbonyl (C=O) groups is 1. The molecule has 0 aromatic heterocycles. The van der Waals surface area contributed by atoms with E-state index in [-0.39, 0.29) is 5.92 Å². The summed E-state index contributed by atoms with van der Waals surface area (Å²) >= 11 is 0. The van der Waals surface area contributed by atoms with E-state index in [0.29, 0.717) is 17.9 Å². The van der Waals surface area contributed by atoms with Gasteiger partial charge in [-0.15, -0.1) is 0 Å². The van der Waals surface area contributed by atoms with Gasteiger partial charge in [-0.3, -0.25) is 4.79 Å². The molecule has 2 aliphatic carbocycles. The molecule has 2 unspecified atom stereocenters. The van der Waals surface area contributed by atoms with Crippen molar-refractivity contribution in [3.05, 3.63) is 0 Å². The molecule has 3 heteroatoms. The predicted octanol–water partition coefficient (Wildman–Crippen LogP) is 1.52. The largest absolute Gasteiger partial charge is 0.481 e. The molecule has 0 heterocycles. The van der Waals surface area contributed by atoms with Crippen molar-refractivity contribution in [2.75, 3.05) is 7.11 Å². The molecule has 2 fully saturated rings. The lowest BCUT2D eigenvalue weighted by molar-refractivity contribution is -0.143. The molecule has 4 atom stereocenters. The van der Waals surface area contributed by atoms with E-state index in [9.17, 15) is 4.79 Å². The normalized spacial score (nSPS) is 43.5. The van der Waals surface area contributed by atoms with Crippen LogP contribution in [0.2, 0.25) is 0 Å². The Hall–Kier alpha value is -0.570. The minimum Gasteiger partial charge on any atom is -0.481 e. The second-order valence-electron chi connectivity index (χ2n) is 4.20. The lowest BCUT2D eigenvalue weighted by Gasteiger charge is -2.17. The molecule has 1 N–H and O–H groups in total. The summed E-state index contributed by atoms with van der Waals surface area (Å²) in [5.41, 5.74) is 0. The summed E-state index contributed by atoms with van der Waals surface area (Å²) in [7, 11) is 1.74. The van der Waals surface area contributed by atoms with Gasteiger partial charge in [-0.2, -0.15) is 0 Å². The minimum absolute atomic E-state index is 0.0925. The van der Waals surface area contributed by atoms with Gasteiger partial charge in [-0.1, -0.05) is 0 Å². The molecule has 0 radical (unpaired) electrons. The van der Waals surface area contributed by atoms with Crippen LogP contribution < -0.4 is 0 Å². The molecule has 74 valence electrons. The molecule has 2 aliphatic rings. The van der Waals surface area contributed by atoms with Gasteiger partial charge in [0.1, 0.15) is 0 Å². The Labute approximate surface area is 78.1 Å². The SMILES string of the molecule is COC1CC[C@@H]2C(C(=O)O)CC[C@H]12. The van der Waals surface area contributed by atoms with Crippen molar-refractivity contribution >= 4 is 5.97 Å². The van der Waals surface area contributed by atoms with Gasteiger partial charge >= 0.3 is 5.97 Å². The van der Waals surface area contributed by atoms with E-state index in [1.807, 2.05) is 0 Å². The average Bonchev–Trinajstić information content (AvgIpc) is 2.61. The fourth-order valence-corrected chi connectivity index (χ4v) is 3.15. The van der Waals surface area contributed by atoms with Crippen LogP contribution in [-0.4, -0.2) is 24.3 Å². The van der Waals surface area contributed by atoms with Crippen molar-refractivity contribution in [1.29, 1.82) is 0 Å². The van der Waals surface area contributed by atoms with Crippen molar-refractivity contribution in [2.45, 2.75) is 31.8 Å². The second-order valence-corrected chi connectivity index (χ2v) is 4.20. The molecule has 0 amide bonds. The number of carboxylic acid groups (broad SMARTS) is 1. The Balaban J connectivity index is 2.07. The molecule has 0 aromatic rings. The number of methoxy groups -OCH3 is 1. The van der Waals surface area contributed by atoms with Crippen LogP contribution in [0.15, 0.2) is 0 Å². The summed E-state index contributed by atoms with van der Waals surface area (Å²) in [5, 5.41) is 8.98. The van der Waals surface area contributed by atoms with Gasteiger partial charge in [0.25, 0.3) is 0 Å². The lowest BCUT2D eigenvalue weighted by Crippen LogP contribution is -2.22. The maximum Gasteiger partial charge on any atom is 0.306 e. The summed E-state index contributed by atoms with van der Waals surface area (Å²) in [5.74, 6) is 0.211. The quantitative estimate of drug-likeness (QED) is 0.707. The number of carboxylic acids is 1. The summed E-state index contributed by atoms with van der Waals surface area (Å²) < 4.78 is 5.36. The molecule has 13 heavy (non-hydrogen) atoms. The van der Waals surface area contributed by atoms with Gasteiger partial charge in [0, 0.05) is 7.11 Å². The average molecular weight is 184 g/mol. The van der Waals surface area contributed by atoms with E-state index in [4.69, 9.17) is 9.84 Å². The zero-order chi connectivity index (χ0) is 9.42. The Bertz CT molecular complexity index is 214. The highest BCUT2D eigenvalue weighted by Gasteiger charge is 2.47. The summed E-state index contributed by atoms with van der Waals surface area (Å²) in [6.07, 6.45) is 4.31. The third kappa shape index (κ3) is 1.35. The van der Waals surface area contributed by atoms with Crippen LogP contribution in [0.25, 0.3) is 0 Å². The van der Waals surface area contributed by atoms with Crippen LogP contribution in [0, 0.1) is 17.8 Å². The number of aliphatic carboxylic acids is 1. The molecule has 3 nitrogen and oxygen atoms in total. The first kappa shape index (κ1) is 9.00. The number of hydrogen-bond acceptors (Lipinski definition) is 2. The van der Waals surface area contributed by atoms with Gasteiger partial charge in [-0.25, -0.2) is 0 Å². The maximum atomic E-state index is 10.9. The Morgan fingerprint density at radius 2 is 1.92 bits per heavy atom. The Kier molecular flexibility index (Phi) is 2.28. The van der Waals surface area contributed by atoms with Crippen molar-refractivity contribution in [3.8, 4) is 0 Å². The van der Waals surface area contributed by atoms with Gasteiger partial charge in [0.2, 0.25) is 0 Å². The van der Waals surface area contributed by atoms with E-state index < -0.39 is 5.97 Å². The third-order valence-electron chi connectivity index (χ3n) is 3.76. The molecule has 0 spiro atoms. The van der Waals surface area contributed by atoms with Crippen LogP contribution in [-0.2, 0) is 9.53 Å². The Morgan fingerprint density at radius 3 is 2.54 bits per heavy atom. The summed E-state index contributed by atoms with van der Waals surface area (Å²) in [4.78, 5) is 10.9. The number of hydrogen-bond donors (Lipinski definition) is 1. The maximum absolute atomic E-state index is 10.9. The Morgan fingerprint density at radius 1 is 1.23 bits per heavy atom. The van der Waals surface area contributed by atoms with E-state index >= 15 is 0 Å². The van der Waals surface area contributed by atoms with Crippen LogP contribution in [0.4, 0.5) is 0 Å². The number of rotatable bonds is 2. The highest BCUT2D eigenvalue weighted by Crippen LogP contribution is 2.48. The number of fused-ring (bicyclic) bond motifs is 1. The topological polar surface area (TPSA) is 46.5 Å². The van der Waals surface area contributed by atoms with Crippen molar-refractivity contribution in [2.24, 2.45) is 17.8 Å². The fourth-order valence-electron chi connectivity index (χ4n) is 3.15. The van der Waals surface area contributed by atoms with Gasteiger partial charge in [0.15, 0.2) is 0 Å². The van der Waals surface area contributed by atoms with E-state index in [1.165, 1.54) is 0 Å². The number of ether oxygens (including phenoxy) is 1. The van der Waals surface area contributed by atoms with Crippen molar-refractivity contribution in [3.63, 3.8) is 0 Å². The zero-order valence-corrected chi connectivity index (χ0v) is 7.90. The first-order chi connectivity index (χ1) is 6.24. The third-order valence-corrected chi connectivity index (χ3v) is 3.76. The highest BCUT2D eigenvalue weighted by molar-refractivity contribution is 5.70. The fraction of sp³-hybridized carbons (Fsp3) is 0.900. The second kappa shape index (κ2) is 3.29. The zero-order valence-electron chi connectivity index (χ0n) is 7.90. The molecule has 0 aromatic carbocycles. The molecular weight excluding hydrogens is 168 g/mol. The first-order valence-electron chi connectivity index (χ1n) is 4.99. The summed E-state index contributed by atoms with van der Waals surface area (Å²) in [6, 6.07) is 0. The molecule has 2 saturated carbocycles. The van der Waals surface area contributed by atoms with Gasteiger partial charge in [0.05, 0.1) is 12.0 Å². The van der Waals surface area contributed by atoms with Crippen LogP contribution in [0.3, 0.4) is 0 Å². The van der Waals surface area contributed by atoms with Gasteiger partial charge in [-0.05, 0) is 37.5 Å². The van der Waals surface area contributed by atoms with E-state index in [2.05, 4.69) is 0 Å². The smallest absolute Gasteiger partial charge is 0.306 e. The standard InChI is InChI=1S/C10H16O3/c1-13-9-5-4-6-7(9)2-3-8(6)10(11)12/h6-9H,2-5H2,1H3,(H,11,12)/t6-,7-,8?,9?/m0/s1. The monoisotopic (exact) mass is 184 g/mol. The van der Waals surface area contributed by atoms with Crippen molar-refractivity contribution in [1.82, 2.24) is 0 Å². The van der Waals surface area contributed by atoms with E-state index in [1.54, 1.807) is 7.11 Å². The predicted molar refractivity (Wildman–Crippen MR) is 47.4 cm³/mol. The molecule has 0 aliphatic heterocycles. The van der Waals surface area contributed by atoms with Gasteiger partial charge < -0.3 is 9.84 Å². The molecular formula is C10H16O3. The summed E-state index contributed by atoms with van der Waals surface area (Å²) in [6.45, 7) is 0. The molecule has 2 rings (SSSR count). The molecule has 0 saturated heterocycles. The van der Waals surface area contributed by atoms with Crippen molar-refractivity contribution < 1.29 is 14.6 Å². The van der Waals surface area contributed by atoms with Crippen LogP contribution in [0.5, 0.6) is 0 Å². The van der Waals surface area contributed by atoms with Crippen LogP contribution in [0.1, 0.15) is 25.7 Å². The lowest BCUT2D eigenvalue weighted by atomic mass is 9.92. The van der Waals surface area contributed by atoms with Crippen LogP contribution >= 0.6 is 0 Å².